The van der Waals surface area contributed by atoms with Crippen LogP contribution in [0, 0.1) is 0 Å². The Labute approximate surface area is 169 Å². The monoisotopic (exact) mass is 379 g/mol. The molecule has 0 aliphatic heterocycles. The fourth-order valence-corrected chi connectivity index (χ4v) is 3.43. The molecule has 1 aromatic heterocycles. The van der Waals surface area contributed by atoms with Gasteiger partial charge >= 0.3 is 0 Å². The second kappa shape index (κ2) is 7.57. The van der Waals surface area contributed by atoms with Gasteiger partial charge in [0.1, 0.15) is 11.4 Å². The van der Waals surface area contributed by atoms with E-state index in [-0.39, 0.29) is 22.5 Å². The van der Waals surface area contributed by atoms with Gasteiger partial charge in [0.15, 0.2) is 0 Å². The summed E-state index contributed by atoms with van der Waals surface area (Å²) in [7, 11) is 0. The lowest BCUT2D eigenvalue weighted by molar-refractivity contribution is 0.419. The Balaban J connectivity index is 2.13. The normalized spacial score (nSPS) is 17.3. The molecule has 1 N–H and O–H groups in total. The highest BCUT2D eigenvalue weighted by Crippen LogP contribution is 2.41. The molecule has 1 unspecified atom stereocenters. The standard InChI is InChI=1S/C24H33N3O/c1-7-23(3,4)18-14-19(24(5,6)8-2)22(28)21(15-18)27-25-16-20(26-27)17-12-10-9-11-13-17/h9-12,14-17,28H,7-8,13H2,1-6H3. The number of rotatable bonds is 6. The van der Waals surface area contributed by atoms with Gasteiger partial charge in [-0.15, -0.1) is 4.80 Å². The minimum absolute atomic E-state index is 0.00784. The van der Waals surface area contributed by atoms with E-state index in [1.54, 1.807) is 4.80 Å². The van der Waals surface area contributed by atoms with Gasteiger partial charge in [-0.05, 0) is 41.7 Å². The van der Waals surface area contributed by atoms with Crippen LogP contribution in [0.15, 0.2) is 42.6 Å². The number of aromatic hydroxyl groups is 1. The van der Waals surface area contributed by atoms with Crippen LogP contribution < -0.4 is 0 Å². The Morgan fingerprint density at radius 3 is 2.39 bits per heavy atom. The molecular formula is C24H33N3O. The highest BCUT2D eigenvalue weighted by Gasteiger charge is 2.29. The molecule has 2 aromatic rings. The molecule has 1 aromatic carbocycles. The Morgan fingerprint density at radius 2 is 1.79 bits per heavy atom. The Kier molecular flexibility index (Phi) is 5.51. The average molecular weight is 380 g/mol. The SMILES string of the molecule is CCC(C)(C)c1cc(-n2ncc(C3C=CC=CC3)n2)c(O)c(C(C)(C)CC)c1. The van der Waals surface area contributed by atoms with Gasteiger partial charge in [-0.1, -0.05) is 71.9 Å². The fraction of sp³-hybridized carbons (Fsp3) is 0.500. The number of nitrogens with zero attached hydrogens (tertiary/aromatic N) is 3. The van der Waals surface area contributed by atoms with E-state index in [2.05, 4.69) is 83.1 Å². The van der Waals surface area contributed by atoms with E-state index in [0.29, 0.717) is 5.69 Å². The second-order valence-electron chi connectivity index (χ2n) is 9.08. The maximum atomic E-state index is 11.2. The quantitative estimate of drug-likeness (QED) is 0.675. The summed E-state index contributed by atoms with van der Waals surface area (Å²) in [6.07, 6.45) is 13.1. The lowest BCUT2D eigenvalue weighted by Crippen LogP contribution is -2.21. The van der Waals surface area contributed by atoms with Crippen molar-refractivity contribution >= 4 is 0 Å². The summed E-state index contributed by atoms with van der Waals surface area (Å²) in [4.78, 5) is 1.60. The van der Waals surface area contributed by atoms with Crippen LogP contribution >= 0.6 is 0 Å². The molecule has 3 rings (SSSR count). The Bertz CT molecular complexity index is 903. The van der Waals surface area contributed by atoms with Gasteiger partial charge in [0.2, 0.25) is 0 Å². The maximum Gasteiger partial charge on any atom is 0.146 e. The number of phenols is 1. The number of aromatic nitrogens is 3. The Morgan fingerprint density at radius 1 is 1.07 bits per heavy atom. The van der Waals surface area contributed by atoms with Gasteiger partial charge in [-0.2, -0.15) is 10.2 Å². The zero-order valence-electron chi connectivity index (χ0n) is 18.0. The molecule has 1 aliphatic carbocycles. The molecule has 0 fully saturated rings. The van der Waals surface area contributed by atoms with Crippen LogP contribution in [-0.2, 0) is 10.8 Å². The van der Waals surface area contributed by atoms with Crippen molar-refractivity contribution in [3.05, 3.63) is 59.5 Å². The van der Waals surface area contributed by atoms with Gasteiger partial charge in [0.25, 0.3) is 0 Å². The Hall–Kier alpha value is -2.36. The molecule has 4 nitrogen and oxygen atoms in total. The van der Waals surface area contributed by atoms with Crippen molar-refractivity contribution in [2.45, 2.75) is 77.6 Å². The van der Waals surface area contributed by atoms with E-state index in [0.717, 1.165) is 30.5 Å². The molecule has 0 saturated carbocycles. The van der Waals surface area contributed by atoms with Crippen molar-refractivity contribution in [2.24, 2.45) is 0 Å². The predicted molar refractivity (Wildman–Crippen MR) is 115 cm³/mol. The number of hydrogen-bond acceptors (Lipinski definition) is 3. The van der Waals surface area contributed by atoms with Crippen LogP contribution in [0.2, 0.25) is 0 Å². The number of allylic oxidation sites excluding steroid dienone is 4. The second-order valence-corrected chi connectivity index (χ2v) is 9.08. The van der Waals surface area contributed by atoms with Crippen molar-refractivity contribution in [2.75, 3.05) is 0 Å². The molecule has 150 valence electrons. The number of benzene rings is 1. The smallest absolute Gasteiger partial charge is 0.146 e. The predicted octanol–water partition coefficient (Wildman–Crippen LogP) is 5.95. The van der Waals surface area contributed by atoms with E-state index in [1.807, 2.05) is 6.20 Å². The molecule has 4 heteroatoms. The highest BCUT2D eigenvalue weighted by molar-refractivity contribution is 5.56. The third-order valence-electron chi connectivity index (χ3n) is 6.45. The highest BCUT2D eigenvalue weighted by atomic mass is 16.3. The summed E-state index contributed by atoms with van der Waals surface area (Å²) >= 11 is 0. The molecule has 1 aliphatic rings. The largest absolute Gasteiger partial charge is 0.505 e. The topological polar surface area (TPSA) is 50.9 Å². The first-order valence-corrected chi connectivity index (χ1v) is 10.3. The molecule has 0 saturated heterocycles. The van der Waals surface area contributed by atoms with Gasteiger partial charge < -0.3 is 5.11 Å². The van der Waals surface area contributed by atoms with Crippen molar-refractivity contribution in [3.8, 4) is 11.4 Å². The average Bonchev–Trinajstić information content (AvgIpc) is 3.18. The number of phenolic OH excluding ortho intramolecular Hbond substituents is 1. The molecule has 0 bridgehead atoms. The van der Waals surface area contributed by atoms with Crippen molar-refractivity contribution in [1.29, 1.82) is 0 Å². The van der Waals surface area contributed by atoms with E-state index < -0.39 is 0 Å². The van der Waals surface area contributed by atoms with Crippen LogP contribution in [0.3, 0.4) is 0 Å². The first-order chi connectivity index (χ1) is 13.2. The zero-order chi connectivity index (χ0) is 20.5. The maximum absolute atomic E-state index is 11.2. The molecule has 1 heterocycles. The first-order valence-electron chi connectivity index (χ1n) is 10.3. The molecule has 0 spiro atoms. The summed E-state index contributed by atoms with van der Waals surface area (Å²) < 4.78 is 0. The summed E-state index contributed by atoms with van der Waals surface area (Å²) in [5, 5.41) is 20.4. The lowest BCUT2D eigenvalue weighted by atomic mass is 9.76. The number of hydrogen-bond donors (Lipinski definition) is 1. The molecule has 28 heavy (non-hydrogen) atoms. The van der Waals surface area contributed by atoms with E-state index in [1.165, 1.54) is 5.56 Å². The van der Waals surface area contributed by atoms with Gasteiger partial charge in [-0.25, -0.2) is 0 Å². The molecule has 0 radical (unpaired) electrons. The van der Waals surface area contributed by atoms with Crippen molar-refractivity contribution in [1.82, 2.24) is 15.0 Å². The minimum Gasteiger partial charge on any atom is -0.505 e. The fourth-order valence-electron chi connectivity index (χ4n) is 3.43. The van der Waals surface area contributed by atoms with Crippen LogP contribution in [0.25, 0.3) is 5.69 Å². The van der Waals surface area contributed by atoms with Gasteiger partial charge in [0.05, 0.1) is 11.9 Å². The summed E-state index contributed by atoms with van der Waals surface area (Å²) in [5.74, 6) is 0.520. The third kappa shape index (κ3) is 3.78. The first kappa shape index (κ1) is 20.4. The molecular weight excluding hydrogens is 346 g/mol. The third-order valence-corrected chi connectivity index (χ3v) is 6.45. The van der Waals surface area contributed by atoms with Crippen LogP contribution in [0.4, 0.5) is 0 Å². The van der Waals surface area contributed by atoms with Crippen molar-refractivity contribution < 1.29 is 5.11 Å². The summed E-state index contributed by atoms with van der Waals surface area (Å²) in [5.41, 5.74) is 3.63. The summed E-state index contributed by atoms with van der Waals surface area (Å²) in [6, 6.07) is 4.22. The van der Waals surface area contributed by atoms with E-state index >= 15 is 0 Å². The molecule has 0 amide bonds. The van der Waals surface area contributed by atoms with E-state index in [4.69, 9.17) is 5.10 Å². The van der Waals surface area contributed by atoms with Crippen LogP contribution in [0.5, 0.6) is 5.75 Å². The van der Waals surface area contributed by atoms with Crippen LogP contribution in [-0.4, -0.2) is 20.1 Å². The summed E-state index contributed by atoms with van der Waals surface area (Å²) in [6.45, 7) is 13.2. The van der Waals surface area contributed by atoms with Gasteiger partial charge in [0, 0.05) is 11.5 Å². The van der Waals surface area contributed by atoms with Gasteiger partial charge in [-0.3, -0.25) is 0 Å². The molecule has 1 atom stereocenters. The van der Waals surface area contributed by atoms with Crippen molar-refractivity contribution in [3.63, 3.8) is 0 Å². The lowest BCUT2D eigenvalue weighted by Gasteiger charge is -2.30. The minimum atomic E-state index is -0.133. The van der Waals surface area contributed by atoms with Crippen LogP contribution in [0.1, 0.15) is 83.5 Å². The van der Waals surface area contributed by atoms with E-state index in [9.17, 15) is 5.11 Å². The zero-order valence-corrected chi connectivity index (χ0v) is 18.0.